The van der Waals surface area contributed by atoms with Gasteiger partial charge in [-0.3, -0.25) is 9.59 Å². The Morgan fingerprint density at radius 1 is 0.968 bits per heavy atom. The molecule has 0 radical (unpaired) electrons. The molecule has 0 aliphatic carbocycles. The summed E-state index contributed by atoms with van der Waals surface area (Å²) in [7, 11) is 1.57. The van der Waals surface area contributed by atoms with Crippen LogP contribution in [0.25, 0.3) is 0 Å². The molecule has 2 fully saturated rings. The molecule has 2 aliphatic rings. The van der Waals surface area contributed by atoms with E-state index in [1.165, 1.54) is 0 Å². The van der Waals surface area contributed by atoms with Crippen molar-refractivity contribution >= 4 is 11.8 Å². The number of aromatic nitrogens is 1. The van der Waals surface area contributed by atoms with Crippen molar-refractivity contribution in [1.29, 1.82) is 0 Å². The van der Waals surface area contributed by atoms with Crippen molar-refractivity contribution in [2.75, 3.05) is 46.5 Å². The molecule has 0 atom stereocenters. The molecule has 3 heterocycles. The summed E-state index contributed by atoms with van der Waals surface area (Å²) < 4.78 is 16.6. The smallest absolute Gasteiger partial charge is 0.257 e. The van der Waals surface area contributed by atoms with Crippen LogP contribution >= 0.6 is 0 Å². The van der Waals surface area contributed by atoms with E-state index in [4.69, 9.17) is 14.2 Å². The van der Waals surface area contributed by atoms with Gasteiger partial charge in [0.1, 0.15) is 11.9 Å². The van der Waals surface area contributed by atoms with Gasteiger partial charge in [0.2, 0.25) is 5.88 Å². The van der Waals surface area contributed by atoms with Crippen molar-refractivity contribution in [3.8, 4) is 11.6 Å². The average Bonchev–Trinajstić information content (AvgIpc) is 2.84. The van der Waals surface area contributed by atoms with Crippen LogP contribution in [0.15, 0.2) is 42.6 Å². The molecule has 0 spiro atoms. The van der Waals surface area contributed by atoms with Gasteiger partial charge in [0.05, 0.1) is 31.5 Å². The number of morpholine rings is 1. The van der Waals surface area contributed by atoms with E-state index in [0.29, 0.717) is 62.1 Å². The van der Waals surface area contributed by atoms with Crippen molar-refractivity contribution < 1.29 is 23.8 Å². The molecule has 8 heteroatoms. The van der Waals surface area contributed by atoms with E-state index >= 15 is 0 Å². The van der Waals surface area contributed by atoms with Crippen molar-refractivity contribution in [1.82, 2.24) is 14.8 Å². The second-order valence-corrected chi connectivity index (χ2v) is 7.60. The monoisotopic (exact) mass is 425 g/mol. The fraction of sp³-hybridized carbons (Fsp3) is 0.435. The van der Waals surface area contributed by atoms with Crippen molar-refractivity contribution in [2.45, 2.75) is 18.9 Å². The molecule has 4 rings (SSSR count). The minimum atomic E-state index is -0.0366. The van der Waals surface area contributed by atoms with Gasteiger partial charge in [0.25, 0.3) is 11.8 Å². The zero-order chi connectivity index (χ0) is 21.6. The van der Waals surface area contributed by atoms with Gasteiger partial charge in [-0.25, -0.2) is 4.98 Å². The highest BCUT2D eigenvalue weighted by Crippen LogP contribution is 2.23. The number of nitrogens with zero attached hydrogens (tertiary/aromatic N) is 3. The number of amides is 2. The van der Waals surface area contributed by atoms with E-state index in [9.17, 15) is 9.59 Å². The molecule has 164 valence electrons. The lowest BCUT2D eigenvalue weighted by molar-refractivity contribution is 0.0302. The second kappa shape index (κ2) is 9.78. The highest BCUT2D eigenvalue weighted by molar-refractivity contribution is 5.97. The number of para-hydroxylation sites is 1. The topological polar surface area (TPSA) is 81.2 Å². The highest BCUT2D eigenvalue weighted by atomic mass is 16.5. The van der Waals surface area contributed by atoms with Gasteiger partial charge in [-0.05, 0) is 18.2 Å². The van der Waals surface area contributed by atoms with Crippen LogP contribution in [-0.2, 0) is 4.74 Å². The van der Waals surface area contributed by atoms with Gasteiger partial charge in [-0.2, -0.15) is 0 Å². The number of carbonyl (C=O) groups excluding carboxylic acids is 2. The highest BCUT2D eigenvalue weighted by Gasteiger charge is 2.26. The predicted molar refractivity (Wildman–Crippen MR) is 114 cm³/mol. The van der Waals surface area contributed by atoms with Gasteiger partial charge in [0, 0.05) is 51.3 Å². The zero-order valence-electron chi connectivity index (χ0n) is 17.7. The number of rotatable bonds is 5. The molecule has 2 aliphatic heterocycles. The number of pyridine rings is 1. The predicted octanol–water partition coefficient (Wildman–Crippen LogP) is 2.25. The molecule has 2 amide bonds. The standard InChI is InChI=1S/C23H27N3O5/c1-29-20-5-3-2-4-19(20)23(28)25-10-8-18(9-11-25)31-21-7-6-17(16-24-21)22(27)26-12-14-30-15-13-26/h2-7,16,18H,8-15H2,1H3. The number of benzene rings is 1. The molecule has 2 aromatic rings. The molecule has 0 N–H and O–H groups in total. The summed E-state index contributed by atoms with van der Waals surface area (Å²) in [6.45, 7) is 3.55. The Morgan fingerprint density at radius 3 is 2.35 bits per heavy atom. The Morgan fingerprint density at radius 2 is 1.68 bits per heavy atom. The third-order valence-corrected chi connectivity index (χ3v) is 5.64. The molecule has 0 bridgehead atoms. The van der Waals surface area contributed by atoms with Gasteiger partial charge in [-0.15, -0.1) is 0 Å². The van der Waals surface area contributed by atoms with Crippen molar-refractivity contribution in [2.24, 2.45) is 0 Å². The lowest BCUT2D eigenvalue weighted by Crippen LogP contribution is -2.42. The van der Waals surface area contributed by atoms with E-state index in [1.807, 2.05) is 17.0 Å². The molecule has 1 aromatic carbocycles. The van der Waals surface area contributed by atoms with Gasteiger partial charge in [0.15, 0.2) is 0 Å². The molecule has 1 aromatic heterocycles. The Balaban J connectivity index is 1.29. The van der Waals surface area contributed by atoms with Gasteiger partial charge >= 0.3 is 0 Å². The van der Waals surface area contributed by atoms with E-state index in [1.54, 1.807) is 42.5 Å². The third kappa shape index (κ3) is 4.96. The van der Waals surface area contributed by atoms with Crippen LogP contribution in [-0.4, -0.2) is 79.2 Å². The number of hydrogen-bond donors (Lipinski definition) is 0. The quantitative estimate of drug-likeness (QED) is 0.731. The molecule has 31 heavy (non-hydrogen) atoms. The summed E-state index contributed by atoms with van der Waals surface area (Å²) in [6.07, 6.45) is 2.98. The Labute approximate surface area is 181 Å². The van der Waals surface area contributed by atoms with Crippen LogP contribution < -0.4 is 9.47 Å². The average molecular weight is 425 g/mol. The Kier molecular flexibility index (Phi) is 6.66. The lowest BCUT2D eigenvalue weighted by atomic mass is 10.1. The summed E-state index contributed by atoms with van der Waals surface area (Å²) >= 11 is 0. The number of methoxy groups -OCH3 is 1. The first-order valence-corrected chi connectivity index (χ1v) is 10.6. The van der Waals surface area contributed by atoms with E-state index < -0.39 is 0 Å². The number of carbonyl (C=O) groups is 2. The minimum absolute atomic E-state index is 0.0185. The number of hydrogen-bond acceptors (Lipinski definition) is 6. The Bertz CT molecular complexity index is 904. The summed E-state index contributed by atoms with van der Waals surface area (Å²) in [6, 6.07) is 10.8. The molecule has 0 saturated carbocycles. The third-order valence-electron chi connectivity index (χ3n) is 5.64. The van der Waals surface area contributed by atoms with Gasteiger partial charge < -0.3 is 24.0 Å². The first-order valence-electron chi connectivity index (χ1n) is 10.6. The minimum Gasteiger partial charge on any atom is -0.496 e. The SMILES string of the molecule is COc1ccccc1C(=O)N1CCC(Oc2ccc(C(=O)N3CCOCC3)cn2)CC1. The maximum Gasteiger partial charge on any atom is 0.257 e. The zero-order valence-corrected chi connectivity index (χ0v) is 17.7. The molecular weight excluding hydrogens is 398 g/mol. The fourth-order valence-electron chi connectivity index (χ4n) is 3.86. The van der Waals surface area contributed by atoms with Crippen LogP contribution in [0.3, 0.4) is 0 Å². The second-order valence-electron chi connectivity index (χ2n) is 7.60. The van der Waals surface area contributed by atoms with Crippen molar-refractivity contribution in [3.05, 3.63) is 53.7 Å². The van der Waals surface area contributed by atoms with E-state index in [-0.39, 0.29) is 17.9 Å². The van der Waals surface area contributed by atoms with Crippen molar-refractivity contribution in [3.63, 3.8) is 0 Å². The molecular formula is C23H27N3O5. The van der Waals surface area contributed by atoms with Gasteiger partial charge in [-0.1, -0.05) is 12.1 Å². The first kappa shape index (κ1) is 21.1. The van der Waals surface area contributed by atoms with Crippen LogP contribution in [0.2, 0.25) is 0 Å². The largest absolute Gasteiger partial charge is 0.496 e. The fourth-order valence-corrected chi connectivity index (χ4v) is 3.86. The number of ether oxygens (including phenoxy) is 3. The van der Waals surface area contributed by atoms with E-state index in [0.717, 1.165) is 12.8 Å². The summed E-state index contributed by atoms with van der Waals surface area (Å²) in [4.78, 5) is 33.2. The maximum atomic E-state index is 12.8. The maximum absolute atomic E-state index is 12.8. The molecule has 0 unspecified atom stereocenters. The summed E-state index contributed by atoms with van der Waals surface area (Å²) in [5.41, 5.74) is 1.12. The number of piperidine rings is 1. The molecule has 8 nitrogen and oxygen atoms in total. The van der Waals surface area contributed by atoms with Crippen LogP contribution in [0, 0.1) is 0 Å². The molecule has 2 saturated heterocycles. The lowest BCUT2D eigenvalue weighted by Gasteiger charge is -2.32. The normalized spacial score (nSPS) is 17.3. The van der Waals surface area contributed by atoms with E-state index in [2.05, 4.69) is 4.98 Å². The summed E-state index contributed by atoms with van der Waals surface area (Å²) in [5, 5.41) is 0. The van der Waals surface area contributed by atoms with Crippen LogP contribution in [0.4, 0.5) is 0 Å². The van der Waals surface area contributed by atoms with Crippen LogP contribution in [0.5, 0.6) is 11.6 Å². The van der Waals surface area contributed by atoms with Crippen LogP contribution in [0.1, 0.15) is 33.6 Å². The number of likely N-dealkylation sites (tertiary alicyclic amines) is 1. The first-order chi connectivity index (χ1) is 15.2. The Hall–Kier alpha value is -3.13. The summed E-state index contributed by atoms with van der Waals surface area (Å²) in [5.74, 6) is 1.01.